The maximum atomic E-state index is 5.46. The molecule has 2 rings (SSSR count). The first-order valence-corrected chi connectivity index (χ1v) is 6.93. The van der Waals surface area contributed by atoms with E-state index in [1.165, 1.54) is 5.56 Å². The van der Waals surface area contributed by atoms with Crippen molar-refractivity contribution in [2.75, 3.05) is 14.2 Å². The fourth-order valence-electron chi connectivity index (χ4n) is 2.09. The lowest BCUT2D eigenvalue weighted by atomic mass is 9.99. The van der Waals surface area contributed by atoms with E-state index in [0.717, 1.165) is 22.2 Å². The lowest BCUT2D eigenvalue weighted by Gasteiger charge is -2.19. The van der Waals surface area contributed by atoms with Crippen molar-refractivity contribution in [3.05, 3.63) is 58.3 Å². The van der Waals surface area contributed by atoms with Gasteiger partial charge >= 0.3 is 0 Å². The Labute approximate surface area is 122 Å². The number of likely N-dealkylation sites (N-methyl/N-ethyl adjacent to an activating group) is 1. The molecule has 100 valence electrons. The number of benzene rings is 1. The van der Waals surface area contributed by atoms with Gasteiger partial charge in [0, 0.05) is 28.5 Å². The van der Waals surface area contributed by atoms with E-state index in [1.54, 1.807) is 13.3 Å². The van der Waals surface area contributed by atoms with Crippen LogP contribution in [0.4, 0.5) is 0 Å². The van der Waals surface area contributed by atoms with Crippen LogP contribution < -0.4 is 10.1 Å². The van der Waals surface area contributed by atoms with Gasteiger partial charge in [0.25, 0.3) is 0 Å². The van der Waals surface area contributed by atoms with Crippen LogP contribution in [0.1, 0.15) is 17.2 Å². The Kier molecular flexibility index (Phi) is 4.93. The number of nitrogens with one attached hydrogen (secondary N) is 1. The van der Waals surface area contributed by atoms with Crippen molar-refractivity contribution in [2.24, 2.45) is 0 Å². The van der Waals surface area contributed by atoms with E-state index >= 15 is 0 Å². The van der Waals surface area contributed by atoms with Crippen LogP contribution in [-0.2, 0) is 6.42 Å². The molecule has 0 aliphatic rings. The van der Waals surface area contributed by atoms with Crippen LogP contribution in [0, 0.1) is 0 Å². The molecule has 1 N–H and O–H groups in total. The first kappa shape index (κ1) is 14.0. The van der Waals surface area contributed by atoms with E-state index in [4.69, 9.17) is 4.74 Å². The lowest BCUT2D eigenvalue weighted by molar-refractivity contribution is 0.401. The molecular formula is C15H17BrN2O. The van der Waals surface area contributed by atoms with Gasteiger partial charge in [-0.1, -0.05) is 28.1 Å². The standard InChI is InChI=1S/C15H17BrN2O/c1-17-14(8-11-4-3-7-18-10-11)13-6-5-12(16)9-15(13)19-2/h3-7,9-10,14,17H,8H2,1-2H3. The molecule has 0 amide bonds. The summed E-state index contributed by atoms with van der Waals surface area (Å²) in [6.45, 7) is 0. The molecule has 19 heavy (non-hydrogen) atoms. The fraction of sp³-hybridized carbons (Fsp3) is 0.267. The SMILES string of the molecule is CNC(Cc1cccnc1)c1ccc(Br)cc1OC. The number of ether oxygens (including phenoxy) is 1. The molecule has 2 aromatic rings. The second-order valence-corrected chi connectivity index (χ2v) is 5.21. The Morgan fingerprint density at radius 1 is 1.37 bits per heavy atom. The van der Waals surface area contributed by atoms with Gasteiger partial charge in [-0.25, -0.2) is 0 Å². The van der Waals surface area contributed by atoms with Crippen LogP contribution in [0.3, 0.4) is 0 Å². The van der Waals surface area contributed by atoms with Crippen molar-refractivity contribution >= 4 is 15.9 Å². The van der Waals surface area contributed by atoms with Gasteiger partial charge in [0.1, 0.15) is 5.75 Å². The zero-order valence-electron chi connectivity index (χ0n) is 11.1. The zero-order chi connectivity index (χ0) is 13.7. The third kappa shape index (κ3) is 3.55. The van der Waals surface area contributed by atoms with Crippen LogP contribution in [0.5, 0.6) is 5.75 Å². The third-order valence-corrected chi connectivity index (χ3v) is 3.58. The summed E-state index contributed by atoms with van der Waals surface area (Å²) in [4.78, 5) is 4.16. The lowest BCUT2D eigenvalue weighted by Crippen LogP contribution is -2.19. The molecular weight excluding hydrogens is 304 g/mol. The Morgan fingerprint density at radius 2 is 2.21 bits per heavy atom. The van der Waals surface area contributed by atoms with Gasteiger partial charge in [-0.15, -0.1) is 0 Å². The van der Waals surface area contributed by atoms with Crippen LogP contribution in [0.25, 0.3) is 0 Å². The van der Waals surface area contributed by atoms with Crippen molar-refractivity contribution in [1.82, 2.24) is 10.3 Å². The molecule has 0 aliphatic carbocycles. The minimum atomic E-state index is 0.201. The van der Waals surface area contributed by atoms with Crippen molar-refractivity contribution in [1.29, 1.82) is 0 Å². The molecule has 0 aliphatic heterocycles. The van der Waals surface area contributed by atoms with Gasteiger partial charge in [0.05, 0.1) is 7.11 Å². The summed E-state index contributed by atoms with van der Waals surface area (Å²) in [6.07, 6.45) is 4.57. The fourth-order valence-corrected chi connectivity index (χ4v) is 2.44. The van der Waals surface area contributed by atoms with E-state index in [9.17, 15) is 0 Å². The number of aromatic nitrogens is 1. The number of nitrogens with zero attached hydrogens (tertiary/aromatic N) is 1. The molecule has 1 heterocycles. The minimum Gasteiger partial charge on any atom is -0.496 e. The van der Waals surface area contributed by atoms with Gasteiger partial charge in [0.2, 0.25) is 0 Å². The second kappa shape index (κ2) is 6.68. The monoisotopic (exact) mass is 320 g/mol. The first-order valence-electron chi connectivity index (χ1n) is 6.14. The Hall–Kier alpha value is -1.39. The van der Waals surface area contributed by atoms with Crippen molar-refractivity contribution < 1.29 is 4.74 Å². The number of hydrogen-bond donors (Lipinski definition) is 1. The topological polar surface area (TPSA) is 34.2 Å². The van der Waals surface area contributed by atoms with Gasteiger partial charge in [0.15, 0.2) is 0 Å². The molecule has 0 spiro atoms. The van der Waals surface area contributed by atoms with Crippen LogP contribution in [0.2, 0.25) is 0 Å². The maximum absolute atomic E-state index is 5.46. The van der Waals surface area contributed by atoms with Gasteiger partial charge < -0.3 is 10.1 Å². The average molecular weight is 321 g/mol. The molecule has 1 unspecified atom stereocenters. The Morgan fingerprint density at radius 3 is 2.84 bits per heavy atom. The smallest absolute Gasteiger partial charge is 0.124 e. The molecule has 0 saturated heterocycles. The maximum Gasteiger partial charge on any atom is 0.124 e. The molecule has 1 atom stereocenters. The van der Waals surface area contributed by atoms with E-state index in [2.05, 4.69) is 38.4 Å². The molecule has 0 bridgehead atoms. The summed E-state index contributed by atoms with van der Waals surface area (Å²) >= 11 is 3.46. The summed E-state index contributed by atoms with van der Waals surface area (Å²) < 4.78 is 6.48. The number of halogens is 1. The summed E-state index contributed by atoms with van der Waals surface area (Å²) in [6, 6.07) is 10.4. The third-order valence-electron chi connectivity index (χ3n) is 3.08. The number of rotatable bonds is 5. The highest BCUT2D eigenvalue weighted by Gasteiger charge is 2.15. The van der Waals surface area contributed by atoms with Crippen LogP contribution >= 0.6 is 15.9 Å². The highest BCUT2D eigenvalue weighted by molar-refractivity contribution is 9.10. The highest BCUT2D eigenvalue weighted by atomic mass is 79.9. The molecule has 1 aromatic carbocycles. The first-order chi connectivity index (χ1) is 9.24. The van der Waals surface area contributed by atoms with E-state index in [-0.39, 0.29) is 6.04 Å². The summed E-state index contributed by atoms with van der Waals surface area (Å²) in [5.41, 5.74) is 2.35. The highest BCUT2D eigenvalue weighted by Crippen LogP contribution is 2.30. The number of hydrogen-bond acceptors (Lipinski definition) is 3. The quantitative estimate of drug-likeness (QED) is 0.917. The molecule has 0 saturated carbocycles. The normalized spacial score (nSPS) is 12.2. The number of pyridine rings is 1. The Balaban J connectivity index is 2.27. The number of methoxy groups -OCH3 is 1. The average Bonchev–Trinajstić information content (AvgIpc) is 2.46. The molecule has 4 heteroatoms. The van der Waals surface area contributed by atoms with Gasteiger partial charge in [-0.05, 0) is 37.2 Å². The predicted octanol–water partition coefficient (Wildman–Crippen LogP) is 3.36. The molecule has 3 nitrogen and oxygen atoms in total. The second-order valence-electron chi connectivity index (χ2n) is 4.29. The largest absolute Gasteiger partial charge is 0.496 e. The minimum absolute atomic E-state index is 0.201. The molecule has 0 fully saturated rings. The van der Waals surface area contributed by atoms with E-state index < -0.39 is 0 Å². The predicted molar refractivity (Wildman–Crippen MR) is 80.4 cm³/mol. The van der Waals surface area contributed by atoms with E-state index in [1.807, 2.05) is 31.4 Å². The Bertz CT molecular complexity index is 531. The molecule has 0 radical (unpaired) electrons. The summed E-state index contributed by atoms with van der Waals surface area (Å²) in [5, 5.41) is 3.34. The van der Waals surface area contributed by atoms with Crippen LogP contribution in [-0.4, -0.2) is 19.1 Å². The van der Waals surface area contributed by atoms with Crippen LogP contribution in [0.15, 0.2) is 47.2 Å². The van der Waals surface area contributed by atoms with Crippen molar-refractivity contribution in [2.45, 2.75) is 12.5 Å². The molecule has 1 aromatic heterocycles. The summed E-state index contributed by atoms with van der Waals surface area (Å²) in [5.74, 6) is 0.887. The van der Waals surface area contributed by atoms with Gasteiger partial charge in [-0.2, -0.15) is 0 Å². The van der Waals surface area contributed by atoms with Crippen molar-refractivity contribution in [3.63, 3.8) is 0 Å². The van der Waals surface area contributed by atoms with Crippen molar-refractivity contribution in [3.8, 4) is 5.75 Å². The van der Waals surface area contributed by atoms with E-state index in [0.29, 0.717) is 0 Å². The summed E-state index contributed by atoms with van der Waals surface area (Å²) in [7, 11) is 3.66. The van der Waals surface area contributed by atoms with Gasteiger partial charge in [-0.3, -0.25) is 4.98 Å². The zero-order valence-corrected chi connectivity index (χ0v) is 12.6.